The van der Waals surface area contributed by atoms with E-state index in [2.05, 4.69) is 179 Å². The number of nitrogens with zero attached hydrogens (tertiary/aromatic N) is 8. The predicted octanol–water partition coefficient (Wildman–Crippen LogP) is 9.75. The molecule has 0 bridgehead atoms. The minimum Gasteiger partial charge on any atom is -0.334 e. The summed E-state index contributed by atoms with van der Waals surface area (Å²) in [4.78, 5) is 27.0. The van der Waals surface area contributed by atoms with Crippen LogP contribution in [-0.2, 0) is 32.7 Å². The van der Waals surface area contributed by atoms with E-state index < -0.39 is 0 Å². The first kappa shape index (κ1) is 39.8. The normalized spacial score (nSPS) is 13.7. The molecule has 0 N–H and O–H groups in total. The minimum absolute atomic E-state index is 0.759. The van der Waals surface area contributed by atoms with Crippen LogP contribution in [0.5, 0.6) is 0 Å². The highest BCUT2D eigenvalue weighted by atomic mass is 32.2. The first-order valence-electron chi connectivity index (χ1n) is 20.0. The molecule has 2 aromatic carbocycles. The van der Waals surface area contributed by atoms with E-state index in [1.54, 1.807) is 0 Å². The van der Waals surface area contributed by atoms with Crippen LogP contribution in [0.25, 0.3) is 16.3 Å². The van der Waals surface area contributed by atoms with Crippen LogP contribution >= 0.6 is 23.1 Å². The predicted molar refractivity (Wildman–Crippen MR) is 242 cm³/mol. The van der Waals surface area contributed by atoms with Crippen molar-refractivity contribution in [2.75, 3.05) is 24.5 Å². The fourth-order valence-electron chi connectivity index (χ4n) is 7.08. The van der Waals surface area contributed by atoms with Crippen LogP contribution in [0.15, 0.2) is 192 Å². The number of aromatic nitrogens is 5. The highest BCUT2D eigenvalue weighted by Gasteiger charge is 2.25. The number of anilines is 1. The SMILES string of the molecule is C(=C\C=C\c1sc2ccccc2[n+]1CCN(Cc1ccccn1)Cc1ccccn1)/C=C/C=C1/Sc2ccccc2N1CCN(Cc1ccccn1)Cc1ccccn1. The van der Waals surface area contributed by atoms with Gasteiger partial charge < -0.3 is 4.90 Å². The van der Waals surface area contributed by atoms with Crippen molar-refractivity contribution in [2.24, 2.45) is 0 Å². The number of benzene rings is 2. The van der Waals surface area contributed by atoms with Gasteiger partial charge in [-0.15, -0.1) is 0 Å². The van der Waals surface area contributed by atoms with Crippen molar-refractivity contribution in [3.63, 3.8) is 0 Å². The molecule has 8 nitrogen and oxygen atoms in total. The van der Waals surface area contributed by atoms with Crippen LogP contribution in [-0.4, -0.2) is 49.4 Å². The van der Waals surface area contributed by atoms with E-state index in [0.717, 1.165) is 75.1 Å². The van der Waals surface area contributed by atoms with E-state index in [9.17, 15) is 0 Å². The number of rotatable bonds is 18. The Balaban J connectivity index is 0.935. The third-order valence-corrected chi connectivity index (χ3v) is 12.2. The van der Waals surface area contributed by atoms with Crippen molar-refractivity contribution >= 4 is 45.1 Å². The fraction of sp³-hybridized carbons (Fsp3) is 0.163. The van der Waals surface area contributed by atoms with E-state index in [1.165, 1.54) is 30.8 Å². The number of hydrogen-bond donors (Lipinski definition) is 0. The highest BCUT2D eigenvalue weighted by Crippen LogP contribution is 2.45. The van der Waals surface area contributed by atoms with Crippen molar-refractivity contribution in [2.45, 2.75) is 37.6 Å². The van der Waals surface area contributed by atoms with Gasteiger partial charge in [-0.3, -0.25) is 29.7 Å². The van der Waals surface area contributed by atoms with Gasteiger partial charge in [0.2, 0.25) is 5.52 Å². The zero-order valence-electron chi connectivity index (χ0n) is 32.9. The van der Waals surface area contributed by atoms with Crippen LogP contribution in [0, 0.1) is 0 Å². The third kappa shape index (κ3) is 11.1. The average molecular weight is 812 g/mol. The molecule has 0 aliphatic carbocycles. The van der Waals surface area contributed by atoms with Gasteiger partial charge in [0.15, 0.2) is 6.54 Å². The summed E-state index contributed by atoms with van der Waals surface area (Å²) in [5.74, 6) is 0. The molecule has 0 spiro atoms. The Hall–Kier alpha value is -6.04. The van der Waals surface area contributed by atoms with E-state index in [4.69, 9.17) is 0 Å². The fourth-order valence-corrected chi connectivity index (χ4v) is 9.28. The van der Waals surface area contributed by atoms with Crippen LogP contribution in [0.4, 0.5) is 5.69 Å². The molecule has 0 radical (unpaired) electrons. The molecule has 1 aliphatic heterocycles. The van der Waals surface area contributed by atoms with Crippen molar-refractivity contribution < 1.29 is 4.57 Å². The van der Waals surface area contributed by atoms with Crippen LogP contribution in [0.1, 0.15) is 27.8 Å². The summed E-state index contributed by atoms with van der Waals surface area (Å²) in [7, 11) is 0. The monoisotopic (exact) mass is 811 g/mol. The lowest BCUT2D eigenvalue weighted by Gasteiger charge is -2.26. The van der Waals surface area contributed by atoms with Gasteiger partial charge in [-0.05, 0) is 72.8 Å². The molecular formula is C49H47N8S2+. The number of pyridine rings is 4. The van der Waals surface area contributed by atoms with Gasteiger partial charge >= 0.3 is 0 Å². The van der Waals surface area contributed by atoms with Gasteiger partial charge in [0.25, 0.3) is 5.01 Å². The van der Waals surface area contributed by atoms with E-state index in [0.29, 0.717) is 0 Å². The molecule has 0 saturated heterocycles. The Morgan fingerprint density at radius 2 is 1.07 bits per heavy atom. The molecule has 6 heterocycles. The molecule has 0 amide bonds. The molecule has 7 aromatic rings. The quantitative estimate of drug-likeness (QED) is 0.0628. The summed E-state index contributed by atoms with van der Waals surface area (Å²) < 4.78 is 3.71. The molecule has 294 valence electrons. The molecule has 10 heteroatoms. The second kappa shape index (κ2) is 20.6. The van der Waals surface area contributed by atoms with E-state index in [1.807, 2.05) is 72.2 Å². The number of hydrogen-bond acceptors (Lipinski definition) is 9. The van der Waals surface area contributed by atoms with Crippen LogP contribution in [0.3, 0.4) is 0 Å². The molecular weight excluding hydrogens is 765 g/mol. The number of allylic oxidation sites excluding steroid dienone is 6. The topological polar surface area (TPSA) is 65.2 Å². The van der Waals surface area contributed by atoms with Crippen molar-refractivity contribution in [1.82, 2.24) is 29.7 Å². The summed E-state index contributed by atoms with van der Waals surface area (Å²) in [5, 5.41) is 2.43. The molecule has 59 heavy (non-hydrogen) atoms. The zero-order valence-corrected chi connectivity index (χ0v) is 34.6. The molecule has 8 rings (SSSR count). The van der Waals surface area contributed by atoms with E-state index in [-0.39, 0.29) is 0 Å². The second-order valence-electron chi connectivity index (χ2n) is 14.1. The van der Waals surface area contributed by atoms with Crippen molar-refractivity contribution in [3.8, 4) is 0 Å². The molecule has 1 aliphatic rings. The maximum atomic E-state index is 4.62. The molecule has 0 unspecified atom stereocenters. The number of fused-ring (bicyclic) bond motifs is 2. The largest absolute Gasteiger partial charge is 0.334 e. The Morgan fingerprint density at radius 3 is 1.68 bits per heavy atom. The lowest BCUT2D eigenvalue weighted by Crippen LogP contribution is -2.41. The lowest BCUT2D eigenvalue weighted by atomic mass is 10.2. The van der Waals surface area contributed by atoms with Gasteiger partial charge in [-0.1, -0.05) is 102 Å². The average Bonchev–Trinajstić information content (AvgIpc) is 3.82. The summed E-state index contributed by atoms with van der Waals surface area (Å²) in [6.45, 7) is 6.45. The first-order chi connectivity index (χ1) is 29.2. The van der Waals surface area contributed by atoms with Crippen molar-refractivity contribution in [1.29, 1.82) is 0 Å². The lowest BCUT2D eigenvalue weighted by molar-refractivity contribution is -0.668. The second-order valence-corrected chi connectivity index (χ2v) is 16.2. The molecule has 0 saturated carbocycles. The Kier molecular flexibility index (Phi) is 13.9. The van der Waals surface area contributed by atoms with Crippen molar-refractivity contribution in [3.05, 3.63) is 215 Å². The number of thioether (sulfide) groups is 1. The maximum absolute atomic E-state index is 4.62. The Labute approximate surface area is 355 Å². The summed E-state index contributed by atoms with van der Waals surface area (Å²) in [6.07, 6.45) is 22.5. The molecule has 0 atom stereocenters. The number of thiazole rings is 1. The van der Waals surface area contributed by atoms with Gasteiger partial charge in [-0.2, -0.15) is 4.57 Å². The van der Waals surface area contributed by atoms with Gasteiger partial charge in [0.1, 0.15) is 4.70 Å². The molecule has 0 fully saturated rings. The van der Waals surface area contributed by atoms with Gasteiger partial charge in [0, 0.05) is 81.1 Å². The van der Waals surface area contributed by atoms with Gasteiger partial charge in [0.05, 0.1) is 40.0 Å². The third-order valence-electron chi connectivity index (χ3n) is 9.92. The Bertz CT molecular complexity index is 2420. The van der Waals surface area contributed by atoms with Crippen LogP contribution in [0.2, 0.25) is 0 Å². The standard InChI is InChI=1S/C49H47N8S2/c1(2-4-26-48-56(44-22-6-8-24-46(44)58-48)34-32-54(36-40-18-10-14-28-50-40)37-41-19-11-15-29-51-41)3-5-27-49-57(45-23-7-9-25-47(45)59-49)35-33-55(38-42-20-12-16-30-52-42)39-43-21-13-17-31-53-43/h1-31H,32-39H2/q+1. The van der Waals surface area contributed by atoms with Crippen LogP contribution < -0.4 is 9.47 Å². The summed E-state index contributed by atoms with van der Waals surface area (Å²) >= 11 is 3.65. The Morgan fingerprint density at radius 1 is 0.542 bits per heavy atom. The molecule has 5 aromatic heterocycles. The minimum atomic E-state index is 0.759. The zero-order chi connectivity index (χ0) is 39.9. The number of para-hydroxylation sites is 2. The smallest absolute Gasteiger partial charge is 0.262 e. The van der Waals surface area contributed by atoms with E-state index >= 15 is 0 Å². The van der Waals surface area contributed by atoms with Gasteiger partial charge in [-0.25, -0.2) is 0 Å². The first-order valence-corrected chi connectivity index (χ1v) is 21.6. The summed E-state index contributed by atoms with van der Waals surface area (Å²) in [6, 6.07) is 41.8. The maximum Gasteiger partial charge on any atom is 0.262 e. The highest BCUT2D eigenvalue weighted by molar-refractivity contribution is 8.03. The summed E-state index contributed by atoms with van der Waals surface area (Å²) in [5.41, 5.74) is 6.73.